The molecule has 1 aliphatic heterocycles. The number of nitrogens with zero attached hydrogens (tertiary/aromatic N) is 1. The lowest BCUT2D eigenvalue weighted by Crippen LogP contribution is -2.24. The fraction of sp³-hybridized carbons (Fsp3) is 0.286. The summed E-state index contributed by atoms with van der Waals surface area (Å²) in [5.74, 6) is -0.178. The molecule has 0 amide bonds. The van der Waals surface area contributed by atoms with Gasteiger partial charge in [0.1, 0.15) is 5.82 Å². The molecule has 17 heavy (non-hydrogen) atoms. The second-order valence-electron chi connectivity index (χ2n) is 4.65. The molecule has 0 radical (unpaired) electrons. The van der Waals surface area contributed by atoms with E-state index in [-0.39, 0.29) is 5.82 Å². The number of nitrogens with one attached hydrogen (secondary N) is 1. The van der Waals surface area contributed by atoms with Crippen molar-refractivity contribution in [2.24, 2.45) is 0 Å². The number of aromatic amines is 1. The molecule has 3 heteroatoms. The number of likely N-dealkylation sites (N-methyl/N-ethyl adjacent to an activating group) is 1. The number of rotatable bonds is 1. The Morgan fingerprint density at radius 1 is 1.35 bits per heavy atom. The van der Waals surface area contributed by atoms with E-state index in [1.165, 1.54) is 11.6 Å². The Morgan fingerprint density at radius 2 is 2.24 bits per heavy atom. The van der Waals surface area contributed by atoms with Crippen LogP contribution in [0, 0.1) is 5.82 Å². The van der Waals surface area contributed by atoms with Gasteiger partial charge in [-0.25, -0.2) is 4.39 Å². The van der Waals surface area contributed by atoms with Crippen molar-refractivity contribution in [3.63, 3.8) is 0 Å². The lowest BCUT2D eigenvalue weighted by molar-refractivity contribution is 0.373. The zero-order valence-corrected chi connectivity index (χ0v) is 9.83. The Hall–Kier alpha value is -1.61. The molecule has 3 rings (SSSR count). The van der Waals surface area contributed by atoms with Crippen LogP contribution in [0.15, 0.2) is 30.5 Å². The number of hydrogen-bond acceptors (Lipinski definition) is 1. The van der Waals surface area contributed by atoms with Crippen LogP contribution in [0.4, 0.5) is 4.39 Å². The van der Waals surface area contributed by atoms with Crippen LogP contribution >= 0.6 is 0 Å². The van der Waals surface area contributed by atoms with Crippen molar-refractivity contribution in [2.45, 2.75) is 6.42 Å². The molecule has 2 nitrogen and oxygen atoms in total. The van der Waals surface area contributed by atoms with Crippen LogP contribution in [0.3, 0.4) is 0 Å². The van der Waals surface area contributed by atoms with E-state index in [2.05, 4.69) is 23.0 Å². The standard InChI is InChI=1S/C14H15FN2/c1-17-6-2-3-10(9-17)13-8-16-14-5-4-11(15)7-12(13)14/h3-5,7-8,16H,2,6,9H2,1H3. The van der Waals surface area contributed by atoms with Gasteiger partial charge in [-0.1, -0.05) is 6.08 Å². The number of halogens is 1. The summed E-state index contributed by atoms with van der Waals surface area (Å²) in [4.78, 5) is 5.49. The minimum absolute atomic E-state index is 0.178. The third kappa shape index (κ3) is 1.87. The zero-order chi connectivity index (χ0) is 11.8. The summed E-state index contributed by atoms with van der Waals surface area (Å²) < 4.78 is 13.3. The molecule has 1 aromatic carbocycles. The number of H-pyrrole nitrogens is 1. The predicted octanol–water partition coefficient (Wildman–Crippen LogP) is 3.03. The van der Waals surface area contributed by atoms with E-state index in [1.807, 2.05) is 6.20 Å². The second-order valence-corrected chi connectivity index (χ2v) is 4.65. The minimum atomic E-state index is -0.178. The van der Waals surface area contributed by atoms with Crippen molar-refractivity contribution in [3.8, 4) is 0 Å². The molecule has 2 heterocycles. The Bertz CT molecular complexity index is 583. The molecule has 0 fully saturated rings. The van der Waals surface area contributed by atoms with Gasteiger partial charge >= 0.3 is 0 Å². The first-order chi connectivity index (χ1) is 8.24. The third-order valence-corrected chi connectivity index (χ3v) is 3.33. The summed E-state index contributed by atoms with van der Waals surface area (Å²) in [7, 11) is 2.11. The van der Waals surface area contributed by atoms with Gasteiger partial charge in [-0.05, 0) is 37.2 Å². The van der Waals surface area contributed by atoms with E-state index in [0.29, 0.717) is 0 Å². The maximum Gasteiger partial charge on any atom is 0.123 e. The lowest BCUT2D eigenvalue weighted by atomic mass is 10.0. The summed E-state index contributed by atoms with van der Waals surface area (Å²) in [6.45, 7) is 2.03. The lowest BCUT2D eigenvalue weighted by Gasteiger charge is -2.22. The van der Waals surface area contributed by atoms with Gasteiger partial charge in [-0.15, -0.1) is 0 Å². The molecule has 0 bridgehead atoms. The molecule has 0 saturated heterocycles. The average Bonchev–Trinajstić information content (AvgIpc) is 2.71. The molecule has 0 saturated carbocycles. The van der Waals surface area contributed by atoms with Gasteiger partial charge in [-0.2, -0.15) is 0 Å². The number of hydrogen-bond donors (Lipinski definition) is 1. The van der Waals surface area contributed by atoms with Gasteiger partial charge < -0.3 is 9.88 Å². The van der Waals surface area contributed by atoms with E-state index in [0.717, 1.165) is 36.0 Å². The number of fused-ring (bicyclic) bond motifs is 1. The molecule has 1 aliphatic rings. The highest BCUT2D eigenvalue weighted by Crippen LogP contribution is 2.28. The van der Waals surface area contributed by atoms with Gasteiger partial charge in [-0.3, -0.25) is 0 Å². The molecular formula is C14H15FN2. The van der Waals surface area contributed by atoms with Gasteiger partial charge in [0, 0.05) is 35.8 Å². The van der Waals surface area contributed by atoms with E-state index >= 15 is 0 Å². The van der Waals surface area contributed by atoms with Crippen LogP contribution in [0.5, 0.6) is 0 Å². The monoisotopic (exact) mass is 230 g/mol. The van der Waals surface area contributed by atoms with Crippen LogP contribution in [0.25, 0.3) is 16.5 Å². The fourth-order valence-electron chi connectivity index (χ4n) is 2.45. The van der Waals surface area contributed by atoms with Crippen LogP contribution in [0.2, 0.25) is 0 Å². The van der Waals surface area contributed by atoms with Crippen LogP contribution in [-0.2, 0) is 0 Å². The van der Waals surface area contributed by atoms with E-state index < -0.39 is 0 Å². The summed E-state index contributed by atoms with van der Waals surface area (Å²) in [5.41, 5.74) is 3.41. The molecule has 1 N–H and O–H groups in total. The van der Waals surface area contributed by atoms with E-state index in [1.54, 1.807) is 12.1 Å². The number of benzene rings is 1. The Balaban J connectivity index is 2.11. The van der Waals surface area contributed by atoms with Crippen molar-refractivity contribution in [2.75, 3.05) is 20.1 Å². The topological polar surface area (TPSA) is 19.0 Å². The predicted molar refractivity (Wildman–Crippen MR) is 68.3 cm³/mol. The normalized spacial score (nSPS) is 17.4. The minimum Gasteiger partial charge on any atom is -0.361 e. The van der Waals surface area contributed by atoms with Gasteiger partial charge in [0.15, 0.2) is 0 Å². The van der Waals surface area contributed by atoms with Crippen molar-refractivity contribution in [1.82, 2.24) is 9.88 Å². The van der Waals surface area contributed by atoms with Crippen LogP contribution in [-0.4, -0.2) is 30.0 Å². The zero-order valence-electron chi connectivity index (χ0n) is 9.83. The quantitative estimate of drug-likeness (QED) is 0.797. The van der Waals surface area contributed by atoms with Crippen molar-refractivity contribution in [1.29, 1.82) is 0 Å². The molecular weight excluding hydrogens is 215 g/mol. The maximum absolute atomic E-state index is 13.3. The highest BCUT2D eigenvalue weighted by atomic mass is 19.1. The van der Waals surface area contributed by atoms with Crippen molar-refractivity contribution >= 4 is 16.5 Å². The Labute approximate surface area is 99.7 Å². The summed E-state index contributed by atoms with van der Waals surface area (Å²) in [6, 6.07) is 4.89. The Kier molecular flexibility index (Phi) is 2.48. The van der Waals surface area contributed by atoms with E-state index in [4.69, 9.17) is 0 Å². The van der Waals surface area contributed by atoms with Crippen molar-refractivity contribution < 1.29 is 4.39 Å². The summed E-state index contributed by atoms with van der Waals surface area (Å²) in [6.07, 6.45) is 5.30. The maximum atomic E-state index is 13.3. The highest BCUT2D eigenvalue weighted by Gasteiger charge is 2.14. The molecule has 0 unspecified atom stereocenters. The molecule has 88 valence electrons. The largest absolute Gasteiger partial charge is 0.361 e. The fourth-order valence-corrected chi connectivity index (χ4v) is 2.45. The van der Waals surface area contributed by atoms with Gasteiger partial charge in [0.2, 0.25) is 0 Å². The van der Waals surface area contributed by atoms with Crippen LogP contribution in [0.1, 0.15) is 12.0 Å². The van der Waals surface area contributed by atoms with E-state index in [9.17, 15) is 4.39 Å². The molecule has 1 aromatic heterocycles. The van der Waals surface area contributed by atoms with Gasteiger partial charge in [0.05, 0.1) is 0 Å². The van der Waals surface area contributed by atoms with Gasteiger partial charge in [0.25, 0.3) is 0 Å². The molecule has 0 aliphatic carbocycles. The summed E-state index contributed by atoms with van der Waals surface area (Å²) in [5, 5.41) is 0.978. The molecule has 0 spiro atoms. The smallest absolute Gasteiger partial charge is 0.123 e. The third-order valence-electron chi connectivity index (χ3n) is 3.33. The highest BCUT2D eigenvalue weighted by molar-refractivity contribution is 5.93. The number of aromatic nitrogens is 1. The summed E-state index contributed by atoms with van der Waals surface area (Å²) >= 11 is 0. The molecule has 2 aromatic rings. The van der Waals surface area contributed by atoms with Crippen LogP contribution < -0.4 is 0 Å². The average molecular weight is 230 g/mol. The molecule has 0 atom stereocenters. The Morgan fingerprint density at radius 3 is 3.06 bits per heavy atom. The second kappa shape index (κ2) is 4.00. The van der Waals surface area contributed by atoms with Crippen molar-refractivity contribution in [3.05, 3.63) is 41.9 Å². The first-order valence-corrected chi connectivity index (χ1v) is 5.88. The first-order valence-electron chi connectivity index (χ1n) is 5.88. The first kappa shape index (κ1) is 10.5. The SMILES string of the molecule is CN1CCC=C(c2c[nH]c3ccc(F)cc23)C1.